The third-order valence-corrected chi connectivity index (χ3v) is 5.20. The Hall–Kier alpha value is -1.54. The first-order valence-corrected chi connectivity index (χ1v) is 9.50. The first-order valence-electron chi connectivity index (χ1n) is 6.44. The molecule has 2 aromatic heterocycles. The molecular weight excluding hydrogens is 329 g/mol. The quantitative estimate of drug-likeness (QED) is 0.801. The number of nitrogens with zero attached hydrogens (tertiary/aromatic N) is 4. The molecule has 1 aliphatic heterocycles. The van der Waals surface area contributed by atoms with Gasteiger partial charge in [0.1, 0.15) is 18.1 Å². The highest BCUT2D eigenvalue weighted by molar-refractivity contribution is 8.48. The Kier molecular flexibility index (Phi) is 4.14. The molecule has 0 radical (unpaired) electrons. The zero-order valence-electron chi connectivity index (χ0n) is 11.4. The van der Waals surface area contributed by atoms with E-state index in [4.69, 9.17) is 20.7 Å². The topological polar surface area (TPSA) is 125 Å². The molecule has 1 fully saturated rings. The highest BCUT2D eigenvalue weighted by Gasteiger charge is 2.30. The number of fused-ring (bicyclic) bond motifs is 1. The average molecular weight is 343 g/mol. The minimum Gasteiger partial charge on any atom is -0.382 e. The first-order chi connectivity index (χ1) is 10.5. The van der Waals surface area contributed by atoms with Crippen LogP contribution >= 0.6 is 17.6 Å². The zero-order chi connectivity index (χ0) is 15.7. The zero-order valence-corrected chi connectivity index (χ0v) is 13.1. The molecule has 11 heteroatoms. The lowest BCUT2D eigenvalue weighted by atomic mass is 10.2. The summed E-state index contributed by atoms with van der Waals surface area (Å²) in [5.74, 6) is 0.308. The number of nitrogen functional groups attached to an aromatic ring is 1. The summed E-state index contributed by atoms with van der Waals surface area (Å²) in [6.45, 7) is -3.79. The van der Waals surface area contributed by atoms with Gasteiger partial charge in [0, 0.05) is 0 Å². The van der Waals surface area contributed by atoms with E-state index in [0.717, 1.165) is 0 Å². The summed E-state index contributed by atoms with van der Waals surface area (Å²) >= 11 is 0. The third kappa shape index (κ3) is 2.98. The van der Waals surface area contributed by atoms with Gasteiger partial charge in [-0.15, -0.1) is 0 Å². The van der Waals surface area contributed by atoms with Gasteiger partial charge in [0.15, 0.2) is 11.5 Å². The van der Waals surface area contributed by atoms with Crippen molar-refractivity contribution < 1.29 is 18.7 Å². The highest BCUT2D eigenvalue weighted by Crippen LogP contribution is 2.49. The maximum Gasteiger partial charge on any atom is 0.415 e. The molecule has 0 aliphatic carbocycles. The predicted octanol–water partition coefficient (Wildman–Crippen LogP) is 1.53. The van der Waals surface area contributed by atoms with Gasteiger partial charge in [0.2, 0.25) is 0 Å². The van der Waals surface area contributed by atoms with Crippen LogP contribution in [0.1, 0.15) is 19.1 Å². The van der Waals surface area contributed by atoms with Crippen molar-refractivity contribution in [1.82, 2.24) is 19.5 Å². The summed E-state index contributed by atoms with van der Waals surface area (Å²) in [7, 11) is 0.300. The molecule has 0 amide bonds. The average Bonchev–Trinajstić information content (AvgIpc) is 3.12. The van der Waals surface area contributed by atoms with E-state index in [1.165, 1.54) is 6.33 Å². The van der Waals surface area contributed by atoms with Crippen molar-refractivity contribution in [3.8, 4) is 5.69 Å². The molecule has 3 N–H and O–H groups in total. The van der Waals surface area contributed by atoms with E-state index in [0.29, 0.717) is 40.6 Å². The van der Waals surface area contributed by atoms with E-state index >= 15 is 0 Å². The molecular formula is C11H14N5O4PS. The maximum atomic E-state index is 11.3. The van der Waals surface area contributed by atoms with Crippen LogP contribution in [-0.2, 0) is 13.8 Å². The number of ether oxygens (including phenoxy) is 1. The van der Waals surface area contributed by atoms with Crippen LogP contribution in [0.3, 0.4) is 0 Å². The van der Waals surface area contributed by atoms with Crippen molar-refractivity contribution in [1.29, 1.82) is 0 Å². The van der Waals surface area contributed by atoms with E-state index < -0.39 is 6.80 Å². The third-order valence-electron chi connectivity index (χ3n) is 3.34. The van der Waals surface area contributed by atoms with Crippen LogP contribution in [0.2, 0.25) is 0 Å². The predicted molar refractivity (Wildman–Crippen MR) is 81.2 cm³/mol. The van der Waals surface area contributed by atoms with Crippen molar-refractivity contribution in [2.75, 3.05) is 12.3 Å². The molecule has 22 heavy (non-hydrogen) atoms. The van der Waals surface area contributed by atoms with Crippen LogP contribution in [0.15, 0.2) is 12.7 Å². The summed E-state index contributed by atoms with van der Waals surface area (Å²) in [6.07, 6.45) is 3.77. The van der Waals surface area contributed by atoms with Crippen molar-refractivity contribution >= 4 is 34.6 Å². The Morgan fingerprint density at radius 3 is 3.14 bits per heavy atom. The molecule has 0 spiro atoms. The smallest absolute Gasteiger partial charge is 0.382 e. The normalized spacial score (nSPS) is 24.4. The van der Waals surface area contributed by atoms with Gasteiger partial charge < -0.3 is 15.4 Å². The second-order valence-electron chi connectivity index (χ2n) is 4.74. The molecule has 2 aromatic rings. The summed E-state index contributed by atoms with van der Waals surface area (Å²) in [6, 6.07) is 0. The van der Waals surface area contributed by atoms with Crippen molar-refractivity contribution in [2.45, 2.75) is 25.2 Å². The molecule has 0 aromatic carbocycles. The fourth-order valence-electron chi connectivity index (χ4n) is 2.30. The number of aromatic nitrogens is 4. The van der Waals surface area contributed by atoms with Crippen LogP contribution in [0.25, 0.3) is 11.2 Å². The Morgan fingerprint density at radius 2 is 2.36 bits per heavy atom. The van der Waals surface area contributed by atoms with Gasteiger partial charge in [-0.1, -0.05) is 5.69 Å². The van der Waals surface area contributed by atoms with Crippen molar-refractivity contribution in [3.05, 3.63) is 12.7 Å². The summed E-state index contributed by atoms with van der Waals surface area (Å²) < 4.78 is 23.8. The lowest BCUT2D eigenvalue weighted by Gasteiger charge is -2.15. The van der Waals surface area contributed by atoms with Crippen LogP contribution in [0, 0.1) is 5.69 Å². The van der Waals surface area contributed by atoms with Gasteiger partial charge in [-0.25, -0.2) is 19.5 Å². The Bertz CT molecular complexity index is 790. The molecule has 0 bridgehead atoms. The van der Waals surface area contributed by atoms with Gasteiger partial charge in [-0.3, -0.25) is 9.09 Å². The highest BCUT2D eigenvalue weighted by atomic mass is 32.7. The number of anilines is 1. The molecule has 1 aliphatic rings. The van der Waals surface area contributed by atoms with Gasteiger partial charge in [0.25, 0.3) is 0 Å². The Labute approximate surface area is 129 Å². The minimum absolute atomic E-state index is 0.00176. The fourth-order valence-corrected chi connectivity index (χ4v) is 3.08. The van der Waals surface area contributed by atoms with E-state index in [1.54, 1.807) is 10.9 Å². The lowest BCUT2D eigenvalue weighted by molar-refractivity contribution is -0.0166. The minimum atomic E-state index is -3.79. The molecule has 3 rings (SSSR count). The molecule has 118 valence electrons. The molecule has 3 atom stereocenters. The number of rotatable bonds is 4. The van der Waals surface area contributed by atoms with Gasteiger partial charge in [0.05, 0.1) is 19.0 Å². The maximum absolute atomic E-state index is 11.3. The first kappa shape index (κ1) is 15.4. The standard InChI is InChI=1S/C11H14N5O4PS/c1-22-21(17,18)19-4-7-2-3-8(20-7)16-6-15-9-10(12)13-5-14-11(9)16/h1,5-8H,2-4H2,(H,17,18)(H2,12,13,14)/t7-,8+/m0/s1. The monoisotopic (exact) mass is 343 g/mol. The van der Waals surface area contributed by atoms with Crippen LogP contribution in [0.5, 0.6) is 0 Å². The van der Waals surface area contributed by atoms with Crippen molar-refractivity contribution in [2.24, 2.45) is 0 Å². The van der Waals surface area contributed by atoms with E-state index in [2.05, 4.69) is 15.0 Å². The molecule has 0 saturated carbocycles. The molecule has 9 nitrogen and oxygen atoms in total. The largest absolute Gasteiger partial charge is 0.415 e. The second-order valence-corrected chi connectivity index (χ2v) is 8.17. The summed E-state index contributed by atoms with van der Waals surface area (Å²) in [5, 5.41) is 0. The second kappa shape index (κ2) is 5.92. The summed E-state index contributed by atoms with van der Waals surface area (Å²) in [5.41, 5.74) is 11.9. The van der Waals surface area contributed by atoms with Gasteiger partial charge in [-0.2, -0.15) is 0 Å². The number of hydrogen-bond acceptors (Lipinski definition) is 7. The SMILES string of the molecule is C#S[P@@](=O)(O)OC[C@@H]1CC[C@H](n2cnc3c(N)ncnc32)O1. The van der Waals surface area contributed by atoms with E-state index in [-0.39, 0.29) is 18.9 Å². The fraction of sp³-hybridized carbons (Fsp3) is 0.455. The molecule has 0 unspecified atom stereocenters. The lowest BCUT2D eigenvalue weighted by Crippen LogP contribution is -2.15. The number of imidazole rings is 1. The Morgan fingerprint density at radius 1 is 1.55 bits per heavy atom. The summed E-state index contributed by atoms with van der Waals surface area (Å²) in [4.78, 5) is 21.5. The van der Waals surface area contributed by atoms with Crippen LogP contribution in [-0.4, -0.2) is 37.1 Å². The molecule has 1 saturated heterocycles. The number of hydrogen-bond donors (Lipinski definition) is 2. The van der Waals surface area contributed by atoms with Gasteiger partial charge >= 0.3 is 6.80 Å². The van der Waals surface area contributed by atoms with E-state index in [9.17, 15) is 9.46 Å². The van der Waals surface area contributed by atoms with Crippen molar-refractivity contribution in [3.63, 3.8) is 0 Å². The van der Waals surface area contributed by atoms with E-state index in [1.807, 2.05) is 0 Å². The van der Waals surface area contributed by atoms with Crippen LogP contribution < -0.4 is 5.73 Å². The number of nitrogens with two attached hydrogens (primary N) is 1. The Balaban J connectivity index is 1.71. The van der Waals surface area contributed by atoms with Gasteiger partial charge in [-0.05, 0) is 23.6 Å². The van der Waals surface area contributed by atoms with Crippen LogP contribution in [0.4, 0.5) is 5.82 Å². The molecule has 3 heterocycles.